The van der Waals surface area contributed by atoms with Crippen LogP contribution in [0.5, 0.6) is 11.5 Å². The number of rotatable bonds is 6. The third kappa shape index (κ3) is 4.11. The molecule has 0 N–H and O–H groups in total. The van der Waals surface area contributed by atoms with Crippen molar-refractivity contribution in [2.45, 2.75) is 6.42 Å². The summed E-state index contributed by atoms with van der Waals surface area (Å²) >= 11 is 5.56. The van der Waals surface area contributed by atoms with Gasteiger partial charge in [-0.3, -0.25) is 4.99 Å². The quantitative estimate of drug-likeness (QED) is 0.436. The predicted octanol–water partition coefficient (Wildman–Crippen LogP) is 2.75. The van der Waals surface area contributed by atoms with Crippen molar-refractivity contribution < 1.29 is 9.47 Å². The number of hydrogen-bond donors (Lipinski definition) is 0. The first-order chi connectivity index (χ1) is 7.80. The highest BCUT2D eigenvalue weighted by molar-refractivity contribution is 6.17. The summed E-state index contributed by atoms with van der Waals surface area (Å²) in [7, 11) is 3.26. The van der Waals surface area contributed by atoms with Crippen LogP contribution in [0.1, 0.15) is 12.0 Å². The van der Waals surface area contributed by atoms with Crippen LogP contribution in [0, 0.1) is 0 Å². The molecule has 0 saturated carbocycles. The summed E-state index contributed by atoms with van der Waals surface area (Å²) < 4.78 is 10.3. The molecule has 3 nitrogen and oxygen atoms in total. The molecular formula is C12H16ClNO2. The van der Waals surface area contributed by atoms with E-state index in [1.165, 1.54) is 0 Å². The van der Waals surface area contributed by atoms with E-state index in [1.807, 2.05) is 18.2 Å². The summed E-state index contributed by atoms with van der Waals surface area (Å²) in [6.07, 6.45) is 2.69. The molecule has 0 fully saturated rings. The zero-order chi connectivity index (χ0) is 11.8. The second kappa shape index (κ2) is 7.12. The molecular weight excluding hydrogens is 226 g/mol. The lowest BCUT2D eigenvalue weighted by molar-refractivity contribution is 0.394. The maximum absolute atomic E-state index is 5.56. The Morgan fingerprint density at radius 3 is 2.31 bits per heavy atom. The van der Waals surface area contributed by atoms with E-state index in [-0.39, 0.29) is 0 Å². The van der Waals surface area contributed by atoms with E-state index in [0.717, 1.165) is 30.0 Å². The number of hydrogen-bond acceptors (Lipinski definition) is 3. The van der Waals surface area contributed by atoms with Crippen molar-refractivity contribution in [3.05, 3.63) is 23.8 Å². The Morgan fingerprint density at radius 2 is 1.81 bits per heavy atom. The fourth-order valence-electron chi connectivity index (χ4n) is 1.22. The van der Waals surface area contributed by atoms with Crippen molar-refractivity contribution in [2.75, 3.05) is 26.6 Å². The smallest absolute Gasteiger partial charge is 0.123 e. The van der Waals surface area contributed by atoms with E-state index in [9.17, 15) is 0 Å². The lowest BCUT2D eigenvalue weighted by Crippen LogP contribution is -1.91. The highest BCUT2D eigenvalue weighted by Crippen LogP contribution is 2.21. The maximum Gasteiger partial charge on any atom is 0.123 e. The molecule has 0 aliphatic heterocycles. The fraction of sp³-hybridized carbons (Fsp3) is 0.417. The number of halogens is 1. The van der Waals surface area contributed by atoms with Gasteiger partial charge in [0.1, 0.15) is 11.5 Å². The molecule has 88 valence electrons. The molecule has 4 heteroatoms. The molecule has 1 aromatic rings. The summed E-state index contributed by atoms with van der Waals surface area (Å²) in [6, 6.07) is 5.65. The van der Waals surface area contributed by atoms with E-state index in [2.05, 4.69) is 4.99 Å². The van der Waals surface area contributed by atoms with Crippen molar-refractivity contribution >= 4 is 17.8 Å². The summed E-state index contributed by atoms with van der Waals surface area (Å²) in [5.41, 5.74) is 0.964. The Bertz CT molecular complexity index is 331. The summed E-state index contributed by atoms with van der Waals surface area (Å²) in [4.78, 5) is 4.26. The van der Waals surface area contributed by atoms with E-state index < -0.39 is 0 Å². The Balaban J connectivity index is 2.74. The van der Waals surface area contributed by atoms with Crippen LogP contribution < -0.4 is 9.47 Å². The Labute approximate surface area is 101 Å². The van der Waals surface area contributed by atoms with Crippen molar-refractivity contribution in [1.29, 1.82) is 0 Å². The normalized spacial score (nSPS) is 10.7. The van der Waals surface area contributed by atoms with Crippen LogP contribution in [-0.2, 0) is 0 Å². The molecule has 0 aromatic heterocycles. The molecule has 0 bridgehead atoms. The van der Waals surface area contributed by atoms with Gasteiger partial charge in [0.25, 0.3) is 0 Å². The van der Waals surface area contributed by atoms with Crippen LogP contribution in [0.4, 0.5) is 0 Å². The van der Waals surface area contributed by atoms with Gasteiger partial charge >= 0.3 is 0 Å². The number of aliphatic imine (C=N–C) groups is 1. The molecule has 0 unspecified atom stereocenters. The lowest BCUT2D eigenvalue weighted by Gasteiger charge is -2.05. The van der Waals surface area contributed by atoms with Gasteiger partial charge in [-0.25, -0.2) is 0 Å². The van der Waals surface area contributed by atoms with Crippen molar-refractivity contribution in [3.8, 4) is 11.5 Å². The molecule has 0 spiro atoms. The largest absolute Gasteiger partial charge is 0.497 e. The second-order valence-electron chi connectivity index (χ2n) is 3.22. The number of nitrogens with zero attached hydrogens (tertiary/aromatic N) is 1. The molecule has 0 atom stereocenters. The van der Waals surface area contributed by atoms with E-state index in [0.29, 0.717) is 5.88 Å². The standard InChI is InChI=1S/C12H16ClNO2/c1-15-11-6-10(7-12(8-11)16-2)9-14-5-3-4-13/h6-9H,3-5H2,1-2H3. The van der Waals surface area contributed by atoms with Gasteiger partial charge in [0.2, 0.25) is 0 Å². The first-order valence-electron chi connectivity index (χ1n) is 5.09. The van der Waals surface area contributed by atoms with Crippen LogP contribution in [0.3, 0.4) is 0 Å². The molecule has 16 heavy (non-hydrogen) atoms. The third-order valence-electron chi connectivity index (χ3n) is 2.03. The Kier molecular flexibility index (Phi) is 5.72. The minimum absolute atomic E-state index is 0.638. The zero-order valence-corrected chi connectivity index (χ0v) is 10.3. The summed E-state index contributed by atoms with van der Waals surface area (Å²) in [5.74, 6) is 2.16. The molecule has 0 amide bonds. The molecule has 1 aromatic carbocycles. The summed E-state index contributed by atoms with van der Waals surface area (Å²) in [6.45, 7) is 0.739. The van der Waals surface area contributed by atoms with Crippen LogP contribution in [0.25, 0.3) is 0 Å². The van der Waals surface area contributed by atoms with E-state index >= 15 is 0 Å². The Hall–Kier alpha value is -1.22. The average molecular weight is 242 g/mol. The third-order valence-corrected chi connectivity index (χ3v) is 2.30. The van der Waals surface area contributed by atoms with Gasteiger partial charge in [-0.2, -0.15) is 0 Å². The van der Waals surface area contributed by atoms with Gasteiger partial charge in [0, 0.05) is 24.7 Å². The summed E-state index contributed by atoms with van der Waals surface area (Å²) in [5, 5.41) is 0. The van der Waals surface area contributed by atoms with Crippen LogP contribution in [0.15, 0.2) is 23.2 Å². The minimum Gasteiger partial charge on any atom is -0.497 e. The minimum atomic E-state index is 0.638. The molecule has 0 saturated heterocycles. The topological polar surface area (TPSA) is 30.8 Å². The van der Waals surface area contributed by atoms with E-state index in [1.54, 1.807) is 20.4 Å². The predicted molar refractivity (Wildman–Crippen MR) is 67.3 cm³/mol. The first-order valence-corrected chi connectivity index (χ1v) is 5.62. The van der Waals surface area contributed by atoms with Crippen LogP contribution >= 0.6 is 11.6 Å². The van der Waals surface area contributed by atoms with Gasteiger partial charge in [-0.15, -0.1) is 11.6 Å². The lowest BCUT2D eigenvalue weighted by atomic mass is 10.2. The SMILES string of the molecule is COc1cc(C=NCCCCl)cc(OC)c1. The van der Waals surface area contributed by atoms with Gasteiger partial charge in [-0.05, 0) is 24.1 Å². The fourth-order valence-corrected chi connectivity index (χ4v) is 1.34. The number of alkyl halides is 1. The molecule has 0 aliphatic rings. The van der Waals surface area contributed by atoms with E-state index in [4.69, 9.17) is 21.1 Å². The van der Waals surface area contributed by atoms with Crippen molar-refractivity contribution in [3.63, 3.8) is 0 Å². The van der Waals surface area contributed by atoms with Crippen molar-refractivity contribution in [1.82, 2.24) is 0 Å². The number of methoxy groups -OCH3 is 2. The molecule has 1 rings (SSSR count). The monoisotopic (exact) mass is 241 g/mol. The molecule has 0 radical (unpaired) electrons. The number of ether oxygens (including phenoxy) is 2. The second-order valence-corrected chi connectivity index (χ2v) is 3.60. The van der Waals surface area contributed by atoms with Gasteiger partial charge in [0.05, 0.1) is 14.2 Å². The zero-order valence-electron chi connectivity index (χ0n) is 9.57. The Morgan fingerprint density at radius 1 is 1.19 bits per heavy atom. The average Bonchev–Trinajstić information content (AvgIpc) is 2.34. The highest BCUT2D eigenvalue weighted by atomic mass is 35.5. The van der Waals surface area contributed by atoms with Crippen molar-refractivity contribution in [2.24, 2.45) is 4.99 Å². The van der Waals surface area contributed by atoms with Gasteiger partial charge in [0.15, 0.2) is 0 Å². The van der Waals surface area contributed by atoms with Crippen LogP contribution in [-0.4, -0.2) is 32.9 Å². The van der Waals surface area contributed by atoms with Crippen LogP contribution in [0.2, 0.25) is 0 Å². The molecule has 0 aliphatic carbocycles. The highest BCUT2D eigenvalue weighted by Gasteiger charge is 1.99. The first kappa shape index (κ1) is 12.8. The van der Waals surface area contributed by atoms with Gasteiger partial charge < -0.3 is 9.47 Å². The van der Waals surface area contributed by atoms with Gasteiger partial charge in [-0.1, -0.05) is 0 Å². The maximum atomic E-state index is 5.56. The molecule has 0 heterocycles. The number of benzene rings is 1.